The lowest BCUT2D eigenvalue weighted by Crippen LogP contribution is -2.21. The molecule has 0 fully saturated rings. The van der Waals surface area contributed by atoms with Gasteiger partial charge in [-0.15, -0.1) is 15.3 Å². The number of hydrogen-bond acceptors (Lipinski definition) is 6. The summed E-state index contributed by atoms with van der Waals surface area (Å²) in [5.74, 6) is 1.28. The average Bonchev–Trinajstić information content (AvgIpc) is 3.27. The van der Waals surface area contributed by atoms with Gasteiger partial charge in [-0.25, -0.2) is 9.78 Å². The molecule has 0 spiro atoms. The number of fused-ring (bicyclic) bond motifs is 1. The lowest BCUT2D eigenvalue weighted by Gasteiger charge is -2.10. The predicted octanol–water partition coefficient (Wildman–Crippen LogP) is 3.70. The van der Waals surface area contributed by atoms with E-state index in [-0.39, 0.29) is 11.9 Å². The molecule has 0 atom stereocenters. The van der Waals surface area contributed by atoms with Crippen LogP contribution in [-0.2, 0) is 0 Å². The maximum absolute atomic E-state index is 12.7. The monoisotopic (exact) mass is 440 g/mol. The number of hydrogen-bond donors (Lipinski definition) is 2. The normalized spacial score (nSPS) is 11.3. The molecule has 0 unspecified atom stereocenters. The summed E-state index contributed by atoms with van der Waals surface area (Å²) < 4.78 is 3.99. The van der Waals surface area contributed by atoms with Gasteiger partial charge in [0, 0.05) is 15.9 Å². The molecule has 0 aliphatic rings. The van der Waals surface area contributed by atoms with Gasteiger partial charge in [0.1, 0.15) is 17.8 Å². The quantitative estimate of drug-likeness (QED) is 0.501. The minimum Gasteiger partial charge on any atom is -0.382 e. The van der Waals surface area contributed by atoms with E-state index < -0.39 is 6.03 Å². The molecule has 0 aliphatic heterocycles. The summed E-state index contributed by atoms with van der Waals surface area (Å²) in [6.07, 6.45) is 1.66. The van der Waals surface area contributed by atoms with Gasteiger partial charge < -0.3 is 10.3 Å². The number of amides is 1. The molecule has 0 saturated carbocycles. The Morgan fingerprint density at radius 2 is 2.07 bits per heavy atom. The number of aromatic nitrogens is 6. The number of halogens is 1. The molecule has 0 saturated heterocycles. The maximum Gasteiger partial charge on any atom is 0.348 e. The molecule has 3 heterocycles. The third-order valence-electron chi connectivity index (χ3n) is 4.21. The average molecular weight is 441 g/mol. The molecule has 0 aliphatic carbocycles. The zero-order valence-electron chi connectivity index (χ0n) is 15.2. The second-order valence-electron chi connectivity index (χ2n) is 6.45. The van der Waals surface area contributed by atoms with Crippen LogP contribution >= 0.6 is 15.9 Å². The van der Waals surface area contributed by atoms with Crippen molar-refractivity contribution in [2.24, 2.45) is 0 Å². The van der Waals surface area contributed by atoms with Crippen molar-refractivity contribution in [2.75, 3.05) is 11.1 Å². The van der Waals surface area contributed by atoms with Crippen LogP contribution in [0.1, 0.15) is 19.9 Å². The number of nitrogens with zero attached hydrogens (tertiary/aromatic N) is 6. The number of anilines is 2. The topological polar surface area (TPSA) is 117 Å². The Balaban J connectivity index is 1.65. The highest BCUT2D eigenvalue weighted by molar-refractivity contribution is 9.10. The van der Waals surface area contributed by atoms with E-state index in [9.17, 15) is 4.79 Å². The number of carbonyl (C=O) groups is 1. The Bertz CT molecular complexity index is 1180. The van der Waals surface area contributed by atoms with E-state index in [1.165, 1.54) is 4.68 Å². The van der Waals surface area contributed by atoms with E-state index >= 15 is 0 Å². The Morgan fingerprint density at radius 3 is 2.86 bits per heavy atom. The number of nitrogens with two attached hydrogens (primary N) is 1. The fraction of sp³-hybridized carbons (Fsp3) is 0.167. The van der Waals surface area contributed by atoms with Crippen LogP contribution in [0, 0.1) is 0 Å². The second-order valence-corrected chi connectivity index (χ2v) is 7.37. The number of nitrogen functional groups attached to an aromatic ring is 1. The zero-order chi connectivity index (χ0) is 19.8. The molecule has 0 bridgehead atoms. The largest absolute Gasteiger partial charge is 0.382 e. The van der Waals surface area contributed by atoms with Crippen molar-refractivity contribution in [3.8, 4) is 11.5 Å². The summed E-state index contributed by atoms with van der Waals surface area (Å²) >= 11 is 3.39. The molecule has 0 radical (unpaired) electrons. The van der Waals surface area contributed by atoms with E-state index in [0.717, 1.165) is 4.47 Å². The fourth-order valence-electron chi connectivity index (χ4n) is 2.86. The zero-order valence-corrected chi connectivity index (χ0v) is 16.8. The molecule has 9 nitrogen and oxygen atoms in total. The summed E-state index contributed by atoms with van der Waals surface area (Å²) in [5.41, 5.74) is 7.16. The Morgan fingerprint density at radius 1 is 1.25 bits per heavy atom. The van der Waals surface area contributed by atoms with Gasteiger partial charge in [0.15, 0.2) is 11.6 Å². The van der Waals surface area contributed by atoms with Crippen LogP contribution in [0.4, 0.5) is 16.4 Å². The minimum atomic E-state index is -0.459. The first kappa shape index (κ1) is 18.1. The van der Waals surface area contributed by atoms with Gasteiger partial charge in [-0.05, 0) is 44.2 Å². The fourth-order valence-corrected chi connectivity index (χ4v) is 3.22. The van der Waals surface area contributed by atoms with Crippen molar-refractivity contribution in [3.05, 3.63) is 47.2 Å². The number of rotatable bonds is 3. The van der Waals surface area contributed by atoms with E-state index in [1.807, 2.05) is 36.6 Å². The molecule has 28 heavy (non-hydrogen) atoms. The minimum absolute atomic E-state index is 0.183. The van der Waals surface area contributed by atoms with Gasteiger partial charge in [-0.1, -0.05) is 22.0 Å². The van der Waals surface area contributed by atoms with Crippen LogP contribution in [0.25, 0.3) is 22.4 Å². The summed E-state index contributed by atoms with van der Waals surface area (Å²) in [6, 6.07) is 10.5. The standard InChI is InChI=1S/C18H17BrN8O/c1-10(2)26-9-21-24-17(26)13-4-3-5-15(22-13)23-18(28)27-14-7-6-11(19)8-12(14)16(20)25-27/h3-10H,1-2H3,(H2,20,25)(H,22,23,28). The maximum atomic E-state index is 12.7. The molecule has 1 amide bonds. The SMILES string of the molecule is CC(C)n1cnnc1-c1cccc(NC(=O)n2nc(N)c3cc(Br)ccc32)n1. The van der Waals surface area contributed by atoms with Crippen molar-refractivity contribution < 1.29 is 4.79 Å². The van der Waals surface area contributed by atoms with E-state index in [4.69, 9.17) is 5.73 Å². The van der Waals surface area contributed by atoms with Crippen LogP contribution in [0.2, 0.25) is 0 Å². The molecule has 10 heteroatoms. The van der Waals surface area contributed by atoms with E-state index in [0.29, 0.717) is 28.2 Å². The van der Waals surface area contributed by atoms with Crippen LogP contribution in [0.15, 0.2) is 47.2 Å². The molecule has 142 valence electrons. The molecule has 4 rings (SSSR count). The van der Waals surface area contributed by atoms with Crippen molar-refractivity contribution >= 4 is 44.5 Å². The first-order valence-corrected chi connectivity index (χ1v) is 9.35. The summed E-state index contributed by atoms with van der Waals surface area (Å²) in [7, 11) is 0. The van der Waals surface area contributed by atoms with Crippen molar-refractivity contribution in [1.29, 1.82) is 0 Å². The lowest BCUT2D eigenvalue weighted by atomic mass is 10.2. The Hall–Kier alpha value is -3.27. The van der Waals surface area contributed by atoms with Gasteiger partial charge >= 0.3 is 6.03 Å². The number of benzene rings is 1. The van der Waals surface area contributed by atoms with Gasteiger partial charge in [0.25, 0.3) is 0 Å². The van der Waals surface area contributed by atoms with E-state index in [1.54, 1.807) is 24.5 Å². The summed E-state index contributed by atoms with van der Waals surface area (Å²) in [6.45, 7) is 4.06. The van der Waals surface area contributed by atoms with Gasteiger partial charge in [-0.2, -0.15) is 4.68 Å². The predicted molar refractivity (Wildman–Crippen MR) is 110 cm³/mol. The number of nitrogens with one attached hydrogen (secondary N) is 1. The second kappa shape index (κ2) is 7.04. The molecule has 3 N–H and O–H groups in total. The van der Waals surface area contributed by atoms with E-state index in [2.05, 4.69) is 41.5 Å². The number of pyridine rings is 1. The third kappa shape index (κ3) is 3.22. The first-order valence-electron chi connectivity index (χ1n) is 8.56. The molecular weight excluding hydrogens is 424 g/mol. The molecule has 4 aromatic rings. The van der Waals surface area contributed by atoms with Crippen LogP contribution < -0.4 is 11.1 Å². The van der Waals surface area contributed by atoms with Crippen molar-refractivity contribution in [1.82, 2.24) is 29.5 Å². The highest BCUT2D eigenvalue weighted by atomic mass is 79.9. The third-order valence-corrected chi connectivity index (χ3v) is 4.70. The van der Waals surface area contributed by atoms with Gasteiger partial charge in [0.05, 0.1) is 5.52 Å². The van der Waals surface area contributed by atoms with Crippen LogP contribution in [0.5, 0.6) is 0 Å². The van der Waals surface area contributed by atoms with Crippen LogP contribution in [-0.4, -0.2) is 35.6 Å². The lowest BCUT2D eigenvalue weighted by molar-refractivity contribution is 0.252. The Kier molecular flexibility index (Phi) is 4.55. The van der Waals surface area contributed by atoms with Gasteiger partial charge in [-0.3, -0.25) is 5.32 Å². The Labute approximate surface area is 168 Å². The van der Waals surface area contributed by atoms with Gasteiger partial charge in [0.2, 0.25) is 0 Å². The molecular formula is C18H17BrN8O. The highest BCUT2D eigenvalue weighted by Crippen LogP contribution is 2.25. The molecule has 1 aromatic carbocycles. The summed E-state index contributed by atoms with van der Waals surface area (Å²) in [5, 5.41) is 15.7. The summed E-state index contributed by atoms with van der Waals surface area (Å²) in [4.78, 5) is 17.2. The van der Waals surface area contributed by atoms with Crippen LogP contribution in [0.3, 0.4) is 0 Å². The highest BCUT2D eigenvalue weighted by Gasteiger charge is 2.16. The first-order chi connectivity index (χ1) is 13.4. The smallest absolute Gasteiger partial charge is 0.348 e. The van der Waals surface area contributed by atoms with Crippen molar-refractivity contribution in [3.63, 3.8) is 0 Å². The number of carbonyl (C=O) groups excluding carboxylic acids is 1. The molecule has 3 aromatic heterocycles. The van der Waals surface area contributed by atoms with Crippen molar-refractivity contribution in [2.45, 2.75) is 19.9 Å².